The van der Waals surface area contributed by atoms with Gasteiger partial charge in [-0.1, -0.05) is 23.2 Å². The maximum atomic E-state index is 12.3. The van der Waals surface area contributed by atoms with Crippen molar-refractivity contribution in [1.29, 1.82) is 0 Å². The molecule has 1 aromatic rings. The van der Waals surface area contributed by atoms with E-state index in [2.05, 4.69) is 0 Å². The molecule has 1 aliphatic rings. The van der Waals surface area contributed by atoms with Crippen LogP contribution in [0.2, 0.25) is 10.0 Å². The van der Waals surface area contributed by atoms with E-state index in [4.69, 9.17) is 28.3 Å². The number of hydrogen-bond acceptors (Lipinski definition) is 3. The number of likely N-dealkylation sites (tertiary alicyclic amines) is 1. The molecule has 1 N–H and O–H groups in total. The second-order valence-electron chi connectivity index (χ2n) is 5.72. The highest BCUT2D eigenvalue weighted by molar-refractivity contribution is 7.98. The summed E-state index contributed by atoms with van der Waals surface area (Å²) in [5.74, 6) is -1.28. The number of benzene rings is 1. The van der Waals surface area contributed by atoms with Crippen molar-refractivity contribution < 1.29 is 14.7 Å². The highest BCUT2D eigenvalue weighted by Gasteiger charge is 2.26. The van der Waals surface area contributed by atoms with Gasteiger partial charge >= 0.3 is 5.97 Å². The third kappa shape index (κ3) is 4.26. The molecule has 1 heterocycles. The molecule has 0 unspecified atom stereocenters. The van der Waals surface area contributed by atoms with Crippen molar-refractivity contribution in [3.8, 4) is 0 Å². The molecule has 0 aromatic heterocycles. The van der Waals surface area contributed by atoms with Gasteiger partial charge in [0, 0.05) is 24.1 Å². The zero-order valence-electron chi connectivity index (χ0n) is 13.5. The average Bonchev–Trinajstić information content (AvgIpc) is 2.57. The van der Waals surface area contributed by atoms with Crippen LogP contribution in [0.25, 0.3) is 6.08 Å². The first-order chi connectivity index (χ1) is 11.3. The largest absolute Gasteiger partial charge is 0.481 e. The van der Waals surface area contributed by atoms with Crippen molar-refractivity contribution in [2.24, 2.45) is 5.92 Å². The Hall–Kier alpha value is -1.17. The highest BCUT2D eigenvalue weighted by Crippen LogP contribution is 2.37. The average molecular weight is 388 g/mol. The van der Waals surface area contributed by atoms with E-state index in [-0.39, 0.29) is 11.8 Å². The Morgan fingerprint density at radius 1 is 1.29 bits per heavy atom. The molecule has 0 atom stereocenters. The lowest BCUT2D eigenvalue weighted by molar-refractivity contribution is -0.144. The molecule has 0 radical (unpaired) electrons. The maximum Gasteiger partial charge on any atom is 0.306 e. The number of amides is 1. The molecule has 0 saturated carbocycles. The Kier molecular flexibility index (Phi) is 6.61. The van der Waals surface area contributed by atoms with Crippen LogP contribution in [0.4, 0.5) is 0 Å². The number of carbonyl (C=O) groups is 2. The Morgan fingerprint density at radius 3 is 2.46 bits per heavy atom. The van der Waals surface area contributed by atoms with Gasteiger partial charge in [0.05, 0.1) is 16.0 Å². The number of piperidine rings is 1. The zero-order valence-corrected chi connectivity index (χ0v) is 15.8. The number of carboxylic acid groups (broad SMARTS) is 1. The van der Waals surface area contributed by atoms with E-state index >= 15 is 0 Å². The smallest absolute Gasteiger partial charge is 0.306 e. The number of aliphatic carboxylic acids is 1. The Labute approximate surface area is 155 Å². The van der Waals surface area contributed by atoms with Crippen LogP contribution in [-0.2, 0) is 9.59 Å². The molecule has 1 saturated heterocycles. The number of rotatable bonds is 4. The molecule has 130 valence electrons. The second kappa shape index (κ2) is 8.28. The topological polar surface area (TPSA) is 57.6 Å². The van der Waals surface area contributed by atoms with Crippen LogP contribution in [0.1, 0.15) is 24.0 Å². The minimum absolute atomic E-state index is 0.141. The third-order valence-corrected chi connectivity index (χ3v) is 6.07. The molecule has 0 bridgehead atoms. The number of aryl methyl sites for hydroxylation is 1. The number of carboxylic acids is 1. The molecular weight excluding hydrogens is 369 g/mol. The van der Waals surface area contributed by atoms with Gasteiger partial charge in [-0.05, 0) is 49.3 Å². The fourth-order valence-electron chi connectivity index (χ4n) is 2.75. The molecule has 7 heteroatoms. The normalized spacial score (nSPS) is 15.9. The molecule has 4 nitrogen and oxygen atoms in total. The van der Waals surface area contributed by atoms with E-state index in [1.165, 1.54) is 17.8 Å². The summed E-state index contributed by atoms with van der Waals surface area (Å²) in [6.45, 7) is 2.86. The molecule has 1 amide bonds. The molecule has 1 aliphatic heterocycles. The molecule has 24 heavy (non-hydrogen) atoms. The monoisotopic (exact) mass is 387 g/mol. The molecular formula is C17H19Cl2NO3S. The van der Waals surface area contributed by atoms with E-state index in [1.54, 1.807) is 11.0 Å². The number of halogens is 2. The van der Waals surface area contributed by atoms with E-state index in [9.17, 15) is 9.59 Å². The lowest BCUT2D eigenvalue weighted by Crippen LogP contribution is -2.39. The lowest BCUT2D eigenvalue weighted by Gasteiger charge is -2.29. The number of hydrogen-bond donors (Lipinski definition) is 1. The van der Waals surface area contributed by atoms with Crippen LogP contribution in [0.15, 0.2) is 17.0 Å². The van der Waals surface area contributed by atoms with E-state index in [0.717, 1.165) is 10.5 Å². The predicted molar refractivity (Wildman–Crippen MR) is 99.0 cm³/mol. The van der Waals surface area contributed by atoms with Gasteiger partial charge < -0.3 is 10.0 Å². The summed E-state index contributed by atoms with van der Waals surface area (Å²) in [6, 6.07) is 1.90. The van der Waals surface area contributed by atoms with Crippen molar-refractivity contribution in [2.45, 2.75) is 24.7 Å². The van der Waals surface area contributed by atoms with Gasteiger partial charge in [0.1, 0.15) is 0 Å². The van der Waals surface area contributed by atoms with Crippen LogP contribution < -0.4 is 0 Å². The van der Waals surface area contributed by atoms with Crippen LogP contribution in [0.3, 0.4) is 0 Å². The standard InChI is InChI=1S/C17H19Cl2NO3S/c1-10-9-12(14(18)15(19)16(10)24-2)3-4-13(21)20-7-5-11(6-8-20)17(22)23/h3-4,9,11H,5-8H2,1-2H3,(H,22,23)/b4-3+. The number of carbonyl (C=O) groups excluding carboxylic acids is 1. The van der Waals surface area contributed by atoms with Gasteiger partial charge in [0.25, 0.3) is 0 Å². The molecule has 2 rings (SSSR count). The van der Waals surface area contributed by atoms with Crippen LogP contribution in [0.5, 0.6) is 0 Å². The Balaban J connectivity index is 2.09. The van der Waals surface area contributed by atoms with Gasteiger partial charge in [-0.3, -0.25) is 9.59 Å². The lowest BCUT2D eigenvalue weighted by atomic mass is 9.97. The van der Waals surface area contributed by atoms with E-state index < -0.39 is 5.97 Å². The fourth-order valence-corrected chi connectivity index (χ4v) is 4.17. The first-order valence-electron chi connectivity index (χ1n) is 7.57. The summed E-state index contributed by atoms with van der Waals surface area (Å²) >= 11 is 14.1. The van der Waals surface area contributed by atoms with Crippen molar-refractivity contribution in [1.82, 2.24) is 4.90 Å². The van der Waals surface area contributed by atoms with Crippen LogP contribution >= 0.6 is 35.0 Å². The summed E-state index contributed by atoms with van der Waals surface area (Å²) in [6.07, 6.45) is 6.05. The molecule has 1 aromatic carbocycles. The number of thioether (sulfide) groups is 1. The number of nitrogens with zero attached hydrogens (tertiary/aromatic N) is 1. The van der Waals surface area contributed by atoms with Gasteiger partial charge in [-0.25, -0.2) is 0 Å². The van der Waals surface area contributed by atoms with Crippen LogP contribution in [-0.4, -0.2) is 41.2 Å². The highest BCUT2D eigenvalue weighted by atomic mass is 35.5. The Bertz CT molecular complexity index is 683. The van der Waals surface area contributed by atoms with Crippen LogP contribution in [0, 0.1) is 12.8 Å². The molecule has 1 fully saturated rings. The summed E-state index contributed by atoms with van der Waals surface area (Å²) in [7, 11) is 0. The summed E-state index contributed by atoms with van der Waals surface area (Å²) in [5, 5.41) is 9.92. The minimum Gasteiger partial charge on any atom is -0.481 e. The molecule has 0 spiro atoms. The quantitative estimate of drug-likeness (QED) is 0.615. The van der Waals surface area contributed by atoms with Gasteiger partial charge in [0.15, 0.2) is 0 Å². The predicted octanol–water partition coefficient (Wildman–Crippen LogP) is 4.36. The second-order valence-corrected chi connectivity index (χ2v) is 7.29. The minimum atomic E-state index is -0.788. The van der Waals surface area contributed by atoms with E-state index in [0.29, 0.717) is 41.5 Å². The first kappa shape index (κ1) is 19.2. The SMILES string of the molecule is CSc1c(C)cc(/C=C/C(=O)N2CCC(C(=O)O)CC2)c(Cl)c1Cl. The van der Waals surface area contributed by atoms with Gasteiger partial charge in [-0.15, -0.1) is 11.8 Å². The van der Waals surface area contributed by atoms with Crippen molar-refractivity contribution in [3.05, 3.63) is 33.3 Å². The van der Waals surface area contributed by atoms with Crippen molar-refractivity contribution >= 4 is 52.9 Å². The van der Waals surface area contributed by atoms with E-state index in [1.807, 2.05) is 19.2 Å². The third-order valence-electron chi connectivity index (χ3n) is 4.14. The maximum absolute atomic E-state index is 12.3. The Morgan fingerprint density at radius 2 is 1.92 bits per heavy atom. The summed E-state index contributed by atoms with van der Waals surface area (Å²) in [5.41, 5.74) is 1.71. The van der Waals surface area contributed by atoms with Crippen molar-refractivity contribution in [3.63, 3.8) is 0 Å². The zero-order chi connectivity index (χ0) is 17.9. The summed E-state index contributed by atoms with van der Waals surface area (Å²) < 4.78 is 0. The summed E-state index contributed by atoms with van der Waals surface area (Å²) in [4.78, 5) is 25.8. The fraction of sp³-hybridized carbons (Fsp3) is 0.412. The molecule has 0 aliphatic carbocycles. The first-order valence-corrected chi connectivity index (χ1v) is 9.55. The van der Waals surface area contributed by atoms with Crippen molar-refractivity contribution in [2.75, 3.05) is 19.3 Å². The van der Waals surface area contributed by atoms with Gasteiger partial charge in [0.2, 0.25) is 5.91 Å². The van der Waals surface area contributed by atoms with Gasteiger partial charge in [-0.2, -0.15) is 0 Å².